The Morgan fingerprint density at radius 3 is 1.60 bits per heavy atom. The van der Waals surface area contributed by atoms with Crippen molar-refractivity contribution in [2.75, 3.05) is 0 Å². The first-order chi connectivity index (χ1) is 4.68. The highest BCUT2D eigenvalue weighted by Gasteiger charge is 2.18. The van der Waals surface area contributed by atoms with Crippen molar-refractivity contribution in [3.8, 4) is 0 Å². The SMILES string of the molecule is [CH2]C(CC)(CCC)CCC. The van der Waals surface area contributed by atoms with Crippen LogP contribution in [0.15, 0.2) is 0 Å². The zero-order chi connectivity index (χ0) is 8.04. The van der Waals surface area contributed by atoms with Crippen molar-refractivity contribution >= 4 is 0 Å². The van der Waals surface area contributed by atoms with E-state index < -0.39 is 0 Å². The fraction of sp³-hybridized carbons (Fsp3) is 0.900. The van der Waals surface area contributed by atoms with Crippen LogP contribution >= 0.6 is 0 Å². The lowest BCUT2D eigenvalue weighted by molar-refractivity contribution is 0.300. The van der Waals surface area contributed by atoms with Crippen LogP contribution in [0.2, 0.25) is 0 Å². The molecule has 0 aliphatic heterocycles. The maximum absolute atomic E-state index is 4.27. The van der Waals surface area contributed by atoms with Crippen molar-refractivity contribution in [3.63, 3.8) is 0 Å². The van der Waals surface area contributed by atoms with E-state index in [-0.39, 0.29) is 0 Å². The Morgan fingerprint density at radius 2 is 1.40 bits per heavy atom. The smallest absolute Gasteiger partial charge is 0.0300 e. The van der Waals surface area contributed by atoms with Gasteiger partial charge in [0.2, 0.25) is 0 Å². The predicted molar refractivity (Wildman–Crippen MR) is 47.9 cm³/mol. The summed E-state index contributed by atoms with van der Waals surface area (Å²) < 4.78 is 0. The van der Waals surface area contributed by atoms with E-state index in [0.29, 0.717) is 5.41 Å². The molecule has 0 heteroatoms. The predicted octanol–water partition coefficient (Wildman–Crippen LogP) is 3.82. The summed E-state index contributed by atoms with van der Waals surface area (Å²) >= 11 is 0. The molecule has 0 heterocycles. The number of rotatable bonds is 5. The third-order valence-corrected chi connectivity index (χ3v) is 2.31. The van der Waals surface area contributed by atoms with Gasteiger partial charge in [-0.3, -0.25) is 0 Å². The van der Waals surface area contributed by atoms with E-state index in [1.165, 1.54) is 32.1 Å². The monoisotopic (exact) mass is 141 g/mol. The second-order valence-electron chi connectivity index (χ2n) is 3.35. The molecular weight excluding hydrogens is 120 g/mol. The molecule has 0 N–H and O–H groups in total. The van der Waals surface area contributed by atoms with Crippen LogP contribution in [0.4, 0.5) is 0 Å². The van der Waals surface area contributed by atoms with E-state index >= 15 is 0 Å². The topological polar surface area (TPSA) is 0 Å². The minimum atomic E-state index is 0.392. The Balaban J connectivity index is 3.69. The van der Waals surface area contributed by atoms with Crippen molar-refractivity contribution < 1.29 is 0 Å². The van der Waals surface area contributed by atoms with E-state index in [9.17, 15) is 0 Å². The first-order valence-corrected chi connectivity index (χ1v) is 4.54. The summed E-state index contributed by atoms with van der Waals surface area (Å²) in [6.45, 7) is 11.0. The molecule has 0 fully saturated rings. The zero-order valence-corrected chi connectivity index (χ0v) is 7.74. The van der Waals surface area contributed by atoms with E-state index in [2.05, 4.69) is 27.7 Å². The van der Waals surface area contributed by atoms with Gasteiger partial charge >= 0.3 is 0 Å². The Labute approximate surface area is 66.0 Å². The van der Waals surface area contributed by atoms with Gasteiger partial charge in [-0.15, -0.1) is 0 Å². The second kappa shape index (κ2) is 4.76. The summed E-state index contributed by atoms with van der Waals surface area (Å²) in [5.74, 6) is 0. The average Bonchev–Trinajstić information content (AvgIpc) is 1.89. The first-order valence-electron chi connectivity index (χ1n) is 4.54. The van der Waals surface area contributed by atoms with Gasteiger partial charge in [-0.05, 0) is 25.2 Å². The largest absolute Gasteiger partial charge is 0.0654 e. The lowest BCUT2D eigenvalue weighted by Gasteiger charge is -2.26. The van der Waals surface area contributed by atoms with Gasteiger partial charge in [-0.25, -0.2) is 0 Å². The molecule has 0 aliphatic rings. The van der Waals surface area contributed by atoms with E-state index in [0.717, 1.165) is 0 Å². The summed E-state index contributed by atoms with van der Waals surface area (Å²) in [5, 5.41) is 0. The minimum absolute atomic E-state index is 0.392. The third kappa shape index (κ3) is 3.24. The molecule has 61 valence electrons. The van der Waals surface area contributed by atoms with Crippen LogP contribution < -0.4 is 0 Å². The molecule has 0 bridgehead atoms. The Hall–Kier alpha value is 0. The van der Waals surface area contributed by atoms with Crippen LogP contribution in [0.5, 0.6) is 0 Å². The normalized spacial score (nSPS) is 12.0. The second-order valence-corrected chi connectivity index (χ2v) is 3.35. The van der Waals surface area contributed by atoms with Crippen molar-refractivity contribution in [2.45, 2.75) is 52.9 Å². The Bertz CT molecular complexity index is 68.1. The molecular formula is C10H21. The highest BCUT2D eigenvalue weighted by Crippen LogP contribution is 2.31. The molecule has 0 amide bonds. The molecule has 0 aromatic rings. The third-order valence-electron chi connectivity index (χ3n) is 2.31. The molecule has 0 aromatic carbocycles. The van der Waals surface area contributed by atoms with Crippen LogP contribution in [0.1, 0.15) is 52.9 Å². The van der Waals surface area contributed by atoms with E-state index in [1.807, 2.05) is 0 Å². The average molecular weight is 141 g/mol. The molecule has 0 aromatic heterocycles. The Kier molecular flexibility index (Phi) is 4.76. The van der Waals surface area contributed by atoms with Crippen LogP contribution in [0.3, 0.4) is 0 Å². The molecule has 0 unspecified atom stereocenters. The van der Waals surface area contributed by atoms with Gasteiger partial charge in [-0.2, -0.15) is 0 Å². The number of hydrogen-bond donors (Lipinski definition) is 0. The van der Waals surface area contributed by atoms with Crippen LogP contribution in [-0.4, -0.2) is 0 Å². The van der Waals surface area contributed by atoms with Gasteiger partial charge < -0.3 is 0 Å². The molecule has 1 radical (unpaired) electrons. The summed E-state index contributed by atoms with van der Waals surface area (Å²) in [5.41, 5.74) is 0.392. The van der Waals surface area contributed by atoms with Gasteiger partial charge in [-0.1, -0.05) is 40.0 Å². The van der Waals surface area contributed by atoms with Gasteiger partial charge in [0, 0.05) is 0 Å². The molecule has 0 rings (SSSR count). The van der Waals surface area contributed by atoms with Crippen molar-refractivity contribution in [2.24, 2.45) is 5.41 Å². The molecule has 0 saturated carbocycles. The summed E-state index contributed by atoms with van der Waals surface area (Å²) in [6, 6.07) is 0. The van der Waals surface area contributed by atoms with Gasteiger partial charge in [0.05, 0.1) is 0 Å². The van der Waals surface area contributed by atoms with Crippen LogP contribution in [0, 0.1) is 12.3 Å². The fourth-order valence-corrected chi connectivity index (χ4v) is 1.54. The summed E-state index contributed by atoms with van der Waals surface area (Å²) in [7, 11) is 0. The first kappa shape index (κ1) is 10.0. The molecule has 0 atom stereocenters. The maximum Gasteiger partial charge on any atom is -0.0300 e. The Morgan fingerprint density at radius 1 is 1.00 bits per heavy atom. The molecule has 0 spiro atoms. The van der Waals surface area contributed by atoms with Crippen molar-refractivity contribution in [1.82, 2.24) is 0 Å². The molecule has 0 aliphatic carbocycles. The van der Waals surface area contributed by atoms with Crippen molar-refractivity contribution in [1.29, 1.82) is 0 Å². The number of hydrogen-bond acceptors (Lipinski definition) is 0. The van der Waals surface area contributed by atoms with E-state index in [1.54, 1.807) is 0 Å². The van der Waals surface area contributed by atoms with Gasteiger partial charge in [0.25, 0.3) is 0 Å². The minimum Gasteiger partial charge on any atom is -0.0654 e. The summed E-state index contributed by atoms with van der Waals surface area (Å²) in [4.78, 5) is 0. The lowest BCUT2D eigenvalue weighted by Crippen LogP contribution is -2.14. The molecule has 0 saturated heterocycles. The van der Waals surface area contributed by atoms with Gasteiger partial charge in [0.1, 0.15) is 0 Å². The zero-order valence-electron chi connectivity index (χ0n) is 7.74. The van der Waals surface area contributed by atoms with Crippen LogP contribution in [-0.2, 0) is 0 Å². The van der Waals surface area contributed by atoms with Crippen molar-refractivity contribution in [3.05, 3.63) is 6.92 Å². The standard InChI is InChI=1S/C10H21/c1-5-8-10(4,7-3)9-6-2/h4-9H2,1-3H3. The molecule has 0 nitrogen and oxygen atoms in total. The highest BCUT2D eigenvalue weighted by atomic mass is 14.2. The fourth-order valence-electron chi connectivity index (χ4n) is 1.54. The summed E-state index contributed by atoms with van der Waals surface area (Å²) in [6.07, 6.45) is 6.36. The quantitative estimate of drug-likeness (QED) is 0.546. The van der Waals surface area contributed by atoms with E-state index in [4.69, 9.17) is 0 Å². The van der Waals surface area contributed by atoms with Gasteiger partial charge in [0.15, 0.2) is 0 Å². The molecule has 10 heavy (non-hydrogen) atoms. The highest BCUT2D eigenvalue weighted by molar-refractivity contribution is 4.79. The lowest BCUT2D eigenvalue weighted by atomic mass is 9.79. The maximum atomic E-state index is 4.27. The van der Waals surface area contributed by atoms with Crippen LogP contribution in [0.25, 0.3) is 0 Å².